The van der Waals surface area contributed by atoms with E-state index in [1.165, 1.54) is 24.3 Å². The number of para-hydroxylation sites is 1. The Morgan fingerprint density at radius 2 is 1.69 bits per heavy atom. The summed E-state index contributed by atoms with van der Waals surface area (Å²) in [5, 5.41) is 5.50. The van der Waals surface area contributed by atoms with E-state index in [1.54, 1.807) is 30.3 Å². The van der Waals surface area contributed by atoms with Crippen LogP contribution in [0.5, 0.6) is 0 Å². The number of primary amides is 1. The van der Waals surface area contributed by atoms with Crippen LogP contribution in [0.25, 0.3) is 0 Å². The average Bonchev–Trinajstić information content (AvgIpc) is 3.28. The number of anilines is 4. The minimum atomic E-state index is -4.72. The summed E-state index contributed by atoms with van der Waals surface area (Å²) < 4.78 is 68.3. The van der Waals surface area contributed by atoms with Crippen molar-refractivity contribution >= 4 is 39.1 Å². The number of carbonyl (C=O) groups is 1. The van der Waals surface area contributed by atoms with Crippen LogP contribution in [0.15, 0.2) is 65.7 Å². The quantitative estimate of drug-likeness (QED) is 0.351. The van der Waals surface area contributed by atoms with Gasteiger partial charge in [0.25, 0.3) is 10.0 Å². The lowest BCUT2D eigenvalue weighted by Gasteiger charge is -2.22. The molecule has 0 bridgehead atoms. The van der Waals surface area contributed by atoms with Crippen molar-refractivity contribution in [2.45, 2.75) is 36.4 Å². The van der Waals surface area contributed by atoms with Crippen LogP contribution < -0.4 is 21.1 Å². The molecule has 2 aromatic carbocycles. The van der Waals surface area contributed by atoms with E-state index in [0.29, 0.717) is 36.8 Å². The first kappa shape index (κ1) is 25.2. The summed E-state index contributed by atoms with van der Waals surface area (Å²) in [4.78, 5) is 19.4. The molecule has 190 valence electrons. The van der Waals surface area contributed by atoms with Crippen molar-refractivity contribution in [2.75, 3.05) is 15.4 Å². The maximum Gasteiger partial charge on any atom is 0.421 e. The second-order valence-electron chi connectivity index (χ2n) is 8.27. The minimum absolute atomic E-state index is 0.00803. The highest BCUT2D eigenvalue weighted by Gasteiger charge is 2.38. The van der Waals surface area contributed by atoms with Crippen molar-refractivity contribution < 1.29 is 26.4 Å². The van der Waals surface area contributed by atoms with Gasteiger partial charge in [-0.05, 0) is 49.2 Å². The van der Waals surface area contributed by atoms with Gasteiger partial charge in [0.15, 0.2) is 0 Å². The Hall–Kier alpha value is -3.87. The summed E-state index contributed by atoms with van der Waals surface area (Å²) in [5.41, 5.74) is 5.08. The number of benzene rings is 2. The number of hydrogen-bond acceptors (Lipinski definition) is 7. The van der Waals surface area contributed by atoms with Gasteiger partial charge in [-0.25, -0.2) is 13.4 Å². The molecule has 1 amide bonds. The van der Waals surface area contributed by atoms with Crippen LogP contribution in [-0.4, -0.2) is 30.3 Å². The molecule has 4 rings (SSSR count). The second kappa shape index (κ2) is 10.0. The summed E-state index contributed by atoms with van der Waals surface area (Å²) in [6, 6.07) is 13.3. The molecule has 13 heteroatoms. The number of sulfonamides is 1. The van der Waals surface area contributed by atoms with E-state index in [9.17, 15) is 26.4 Å². The highest BCUT2D eigenvalue weighted by molar-refractivity contribution is 7.92. The zero-order valence-corrected chi connectivity index (χ0v) is 19.6. The predicted molar refractivity (Wildman–Crippen MR) is 128 cm³/mol. The molecule has 1 aliphatic rings. The molecule has 1 heterocycles. The van der Waals surface area contributed by atoms with E-state index < -0.39 is 45.4 Å². The molecule has 9 nitrogen and oxygen atoms in total. The Kier molecular flexibility index (Phi) is 7.02. The molecule has 1 aromatic heterocycles. The number of hydrogen-bond donors (Lipinski definition) is 4. The fourth-order valence-electron chi connectivity index (χ4n) is 3.98. The summed E-state index contributed by atoms with van der Waals surface area (Å²) in [6.45, 7) is 0. The number of nitrogens with two attached hydrogens (primary N) is 1. The lowest BCUT2D eigenvalue weighted by Crippen LogP contribution is -2.35. The molecule has 5 N–H and O–H groups in total. The second-order valence-corrected chi connectivity index (χ2v) is 9.95. The van der Waals surface area contributed by atoms with Gasteiger partial charge in [0.1, 0.15) is 11.4 Å². The molecule has 0 saturated heterocycles. The van der Waals surface area contributed by atoms with E-state index >= 15 is 0 Å². The molecule has 1 saturated carbocycles. The number of nitrogens with zero attached hydrogens (tertiary/aromatic N) is 2. The van der Waals surface area contributed by atoms with Gasteiger partial charge < -0.3 is 16.4 Å². The predicted octanol–water partition coefficient (Wildman–Crippen LogP) is 4.11. The zero-order chi connectivity index (χ0) is 25.9. The summed E-state index contributed by atoms with van der Waals surface area (Å²) >= 11 is 0. The highest BCUT2D eigenvalue weighted by atomic mass is 32.2. The highest BCUT2D eigenvalue weighted by Crippen LogP contribution is 2.36. The standard InChI is InChI=1S/C23H23F3N6O3S/c24-23(25,26)18-13-28-22(31-21(18)30-19-8-4-7-17(19)20(27)33)29-14-9-11-16(12-10-14)36(34,35)32-15-5-2-1-3-6-15/h1-3,5-6,9-13,17,19,32H,4,7-8H2,(H2,27,33)(H2,28,29,30,31)/t17-,19+/m0/s1. The molecule has 0 unspecified atom stereocenters. The molecular weight excluding hydrogens is 497 g/mol. The Bertz CT molecular complexity index is 1340. The Balaban J connectivity index is 1.53. The Labute approximate surface area is 205 Å². The third-order valence-corrected chi connectivity index (χ3v) is 7.14. The Morgan fingerprint density at radius 1 is 1.00 bits per heavy atom. The van der Waals surface area contributed by atoms with E-state index in [4.69, 9.17) is 5.73 Å². The maximum absolute atomic E-state index is 13.6. The van der Waals surface area contributed by atoms with E-state index in [-0.39, 0.29) is 10.8 Å². The van der Waals surface area contributed by atoms with E-state index in [2.05, 4.69) is 25.3 Å². The fourth-order valence-corrected chi connectivity index (χ4v) is 5.03. The lowest BCUT2D eigenvalue weighted by atomic mass is 10.0. The van der Waals surface area contributed by atoms with Gasteiger partial charge >= 0.3 is 6.18 Å². The molecule has 3 aromatic rings. The summed E-state index contributed by atoms with van der Waals surface area (Å²) in [7, 11) is -3.84. The van der Waals surface area contributed by atoms with Crippen molar-refractivity contribution in [3.8, 4) is 0 Å². The molecule has 0 aliphatic heterocycles. The number of nitrogens with one attached hydrogen (secondary N) is 3. The van der Waals surface area contributed by atoms with Gasteiger partial charge in [0.05, 0.1) is 10.8 Å². The lowest BCUT2D eigenvalue weighted by molar-refractivity contribution is -0.137. The molecule has 0 spiro atoms. The first-order chi connectivity index (χ1) is 17.0. The third kappa shape index (κ3) is 5.85. The van der Waals surface area contributed by atoms with Gasteiger partial charge in [-0.1, -0.05) is 24.6 Å². The average molecular weight is 521 g/mol. The van der Waals surface area contributed by atoms with Gasteiger partial charge in [-0.3, -0.25) is 9.52 Å². The maximum atomic E-state index is 13.6. The monoisotopic (exact) mass is 520 g/mol. The van der Waals surface area contributed by atoms with Crippen molar-refractivity contribution in [1.82, 2.24) is 9.97 Å². The largest absolute Gasteiger partial charge is 0.421 e. The molecule has 2 atom stereocenters. The van der Waals surface area contributed by atoms with Crippen molar-refractivity contribution in [3.63, 3.8) is 0 Å². The van der Waals surface area contributed by atoms with Crippen molar-refractivity contribution in [1.29, 1.82) is 0 Å². The smallest absolute Gasteiger partial charge is 0.369 e. The first-order valence-electron chi connectivity index (χ1n) is 11.0. The van der Waals surface area contributed by atoms with Gasteiger partial charge in [-0.15, -0.1) is 0 Å². The fraction of sp³-hybridized carbons (Fsp3) is 0.261. The number of halogens is 3. The van der Waals surface area contributed by atoms with Gasteiger partial charge in [0.2, 0.25) is 11.9 Å². The third-order valence-electron chi connectivity index (χ3n) is 5.74. The molecule has 36 heavy (non-hydrogen) atoms. The topological polar surface area (TPSA) is 139 Å². The molecule has 0 radical (unpaired) electrons. The Morgan fingerprint density at radius 3 is 2.33 bits per heavy atom. The number of carbonyl (C=O) groups excluding carboxylic acids is 1. The van der Waals surface area contributed by atoms with Crippen LogP contribution in [0.1, 0.15) is 24.8 Å². The SMILES string of the molecule is NC(=O)[C@H]1CCC[C@H]1Nc1nc(Nc2ccc(S(=O)(=O)Nc3ccccc3)cc2)ncc1C(F)(F)F. The number of alkyl halides is 3. The van der Waals surface area contributed by atoms with Gasteiger partial charge in [0, 0.05) is 23.6 Å². The van der Waals surface area contributed by atoms with Gasteiger partial charge in [-0.2, -0.15) is 18.2 Å². The molecular formula is C23H23F3N6O3S. The van der Waals surface area contributed by atoms with Crippen LogP contribution in [0.2, 0.25) is 0 Å². The summed E-state index contributed by atoms with van der Waals surface area (Å²) in [5.74, 6) is -1.79. The number of aromatic nitrogens is 2. The minimum Gasteiger partial charge on any atom is -0.369 e. The van der Waals surface area contributed by atoms with Crippen LogP contribution in [0.3, 0.4) is 0 Å². The van der Waals surface area contributed by atoms with Crippen molar-refractivity contribution in [3.05, 3.63) is 66.4 Å². The number of rotatable bonds is 8. The van der Waals surface area contributed by atoms with Crippen LogP contribution in [0.4, 0.5) is 36.3 Å². The number of amides is 1. The van der Waals surface area contributed by atoms with Crippen molar-refractivity contribution in [2.24, 2.45) is 11.7 Å². The molecule has 1 fully saturated rings. The van der Waals surface area contributed by atoms with Crippen LogP contribution >= 0.6 is 0 Å². The van der Waals surface area contributed by atoms with E-state index in [0.717, 1.165) is 0 Å². The van der Waals surface area contributed by atoms with E-state index in [1.807, 2.05) is 0 Å². The van der Waals surface area contributed by atoms with Crippen LogP contribution in [-0.2, 0) is 21.0 Å². The normalized spacial score (nSPS) is 18.0. The van der Waals surface area contributed by atoms with Crippen LogP contribution in [0, 0.1) is 5.92 Å². The first-order valence-corrected chi connectivity index (χ1v) is 12.5. The summed E-state index contributed by atoms with van der Waals surface area (Å²) in [6.07, 6.45) is -2.46. The molecule has 1 aliphatic carbocycles. The zero-order valence-electron chi connectivity index (χ0n) is 18.8.